The fraction of sp³-hybridized carbons (Fsp3) is 0.261. The first-order valence-corrected chi connectivity index (χ1v) is 9.65. The number of aromatic nitrogens is 3. The minimum Gasteiger partial charge on any atom is -0.336 e. The maximum absolute atomic E-state index is 13.3. The number of benzene rings is 1. The van der Waals surface area contributed by atoms with Crippen LogP contribution < -0.4 is 0 Å². The van der Waals surface area contributed by atoms with Crippen LogP contribution in [0.2, 0.25) is 0 Å². The van der Waals surface area contributed by atoms with E-state index in [1.807, 2.05) is 36.5 Å². The zero-order valence-corrected chi connectivity index (χ0v) is 16.5. The predicted molar refractivity (Wildman–Crippen MR) is 111 cm³/mol. The average Bonchev–Trinajstić information content (AvgIpc) is 3.33. The van der Waals surface area contributed by atoms with Crippen molar-refractivity contribution in [2.45, 2.75) is 25.3 Å². The number of halogens is 1. The highest BCUT2D eigenvalue weighted by Gasteiger charge is 2.34. The van der Waals surface area contributed by atoms with E-state index in [4.69, 9.17) is 0 Å². The lowest BCUT2D eigenvalue weighted by atomic mass is 9.91. The molecule has 4 rings (SSSR count). The molecule has 1 unspecified atom stereocenters. The van der Waals surface area contributed by atoms with Crippen molar-refractivity contribution in [3.8, 4) is 22.5 Å². The first-order chi connectivity index (χ1) is 14.0. The Hall–Kier alpha value is -3.28. The van der Waals surface area contributed by atoms with Crippen LogP contribution >= 0.6 is 0 Å². The SMILES string of the molecule is C=CC(=O)N1CC(c2cnc(-c3ccc(F)cc3)cc2-c2ccn(C)n2)C[C@H]1C. The molecule has 1 saturated heterocycles. The van der Waals surface area contributed by atoms with Crippen LogP contribution in [-0.4, -0.2) is 38.2 Å². The third-order valence-corrected chi connectivity index (χ3v) is 5.54. The first-order valence-electron chi connectivity index (χ1n) is 9.65. The van der Waals surface area contributed by atoms with Gasteiger partial charge in [-0.1, -0.05) is 6.58 Å². The molecule has 6 heteroatoms. The van der Waals surface area contributed by atoms with E-state index in [9.17, 15) is 9.18 Å². The van der Waals surface area contributed by atoms with E-state index in [2.05, 4.69) is 23.6 Å². The minimum atomic E-state index is -0.276. The van der Waals surface area contributed by atoms with Gasteiger partial charge in [-0.3, -0.25) is 14.5 Å². The van der Waals surface area contributed by atoms with Gasteiger partial charge in [0, 0.05) is 49.1 Å². The highest BCUT2D eigenvalue weighted by Crippen LogP contribution is 2.38. The summed E-state index contributed by atoms with van der Waals surface area (Å²) in [5, 5.41) is 4.58. The number of rotatable bonds is 4. The Morgan fingerprint density at radius 3 is 2.66 bits per heavy atom. The predicted octanol–water partition coefficient (Wildman–Crippen LogP) is 4.18. The van der Waals surface area contributed by atoms with Crippen LogP contribution in [0.25, 0.3) is 22.5 Å². The van der Waals surface area contributed by atoms with Gasteiger partial charge in [0.15, 0.2) is 0 Å². The van der Waals surface area contributed by atoms with Crippen molar-refractivity contribution in [1.82, 2.24) is 19.7 Å². The molecule has 148 valence electrons. The molecular weight excluding hydrogens is 367 g/mol. The highest BCUT2D eigenvalue weighted by atomic mass is 19.1. The second-order valence-electron chi connectivity index (χ2n) is 7.51. The van der Waals surface area contributed by atoms with Crippen LogP contribution in [0.1, 0.15) is 24.8 Å². The minimum absolute atomic E-state index is 0.0460. The highest BCUT2D eigenvalue weighted by molar-refractivity contribution is 5.87. The molecule has 29 heavy (non-hydrogen) atoms. The molecular formula is C23H23FN4O. The van der Waals surface area contributed by atoms with Gasteiger partial charge in [-0.05, 0) is 61.4 Å². The Kier molecular flexibility index (Phi) is 5.01. The Morgan fingerprint density at radius 1 is 1.24 bits per heavy atom. The number of likely N-dealkylation sites (tertiary alicyclic amines) is 1. The van der Waals surface area contributed by atoms with Crippen LogP contribution in [0, 0.1) is 5.82 Å². The van der Waals surface area contributed by atoms with Crippen molar-refractivity contribution >= 4 is 5.91 Å². The normalized spacial score (nSPS) is 18.8. The lowest BCUT2D eigenvalue weighted by molar-refractivity contribution is -0.126. The fourth-order valence-electron chi connectivity index (χ4n) is 4.03. The molecule has 2 aromatic heterocycles. The van der Waals surface area contributed by atoms with Crippen molar-refractivity contribution in [1.29, 1.82) is 0 Å². The molecule has 0 saturated carbocycles. The fourth-order valence-corrected chi connectivity index (χ4v) is 4.03. The summed E-state index contributed by atoms with van der Waals surface area (Å²) in [5.74, 6) is -0.154. The third-order valence-electron chi connectivity index (χ3n) is 5.54. The van der Waals surface area contributed by atoms with Crippen LogP contribution in [0.3, 0.4) is 0 Å². The van der Waals surface area contributed by atoms with Gasteiger partial charge in [0.2, 0.25) is 5.91 Å². The van der Waals surface area contributed by atoms with E-state index in [1.54, 1.807) is 16.8 Å². The van der Waals surface area contributed by atoms with Crippen LogP contribution in [0.15, 0.2) is 61.4 Å². The van der Waals surface area contributed by atoms with Crippen LogP contribution in [-0.2, 0) is 11.8 Å². The number of amides is 1. The van der Waals surface area contributed by atoms with E-state index >= 15 is 0 Å². The molecule has 1 amide bonds. The molecule has 5 nitrogen and oxygen atoms in total. The number of aryl methyl sites for hydroxylation is 1. The molecule has 1 aliphatic rings. The molecule has 0 aliphatic carbocycles. The van der Waals surface area contributed by atoms with Gasteiger partial charge in [0.1, 0.15) is 5.82 Å². The van der Waals surface area contributed by atoms with Gasteiger partial charge in [0.25, 0.3) is 0 Å². The van der Waals surface area contributed by atoms with E-state index in [0.29, 0.717) is 6.54 Å². The summed E-state index contributed by atoms with van der Waals surface area (Å²) < 4.78 is 15.1. The van der Waals surface area contributed by atoms with Crippen molar-refractivity contribution in [2.75, 3.05) is 6.54 Å². The molecule has 1 fully saturated rings. The quantitative estimate of drug-likeness (QED) is 0.628. The van der Waals surface area contributed by atoms with Gasteiger partial charge >= 0.3 is 0 Å². The summed E-state index contributed by atoms with van der Waals surface area (Å²) in [6.45, 7) is 6.30. The smallest absolute Gasteiger partial charge is 0.246 e. The summed E-state index contributed by atoms with van der Waals surface area (Å²) in [4.78, 5) is 18.7. The van der Waals surface area contributed by atoms with Crippen molar-refractivity contribution < 1.29 is 9.18 Å². The van der Waals surface area contributed by atoms with Gasteiger partial charge in [-0.2, -0.15) is 5.10 Å². The lowest BCUT2D eigenvalue weighted by Gasteiger charge is -2.19. The van der Waals surface area contributed by atoms with E-state index in [0.717, 1.165) is 34.5 Å². The van der Waals surface area contributed by atoms with E-state index in [1.165, 1.54) is 18.2 Å². The molecule has 3 heterocycles. The van der Waals surface area contributed by atoms with E-state index < -0.39 is 0 Å². The molecule has 0 spiro atoms. The Morgan fingerprint density at radius 2 is 2.00 bits per heavy atom. The number of hydrogen-bond donors (Lipinski definition) is 0. The van der Waals surface area contributed by atoms with Crippen LogP contribution in [0.4, 0.5) is 4.39 Å². The number of hydrogen-bond acceptors (Lipinski definition) is 3. The molecule has 3 aromatic rings. The summed E-state index contributed by atoms with van der Waals surface area (Å²) in [7, 11) is 1.88. The second-order valence-corrected chi connectivity index (χ2v) is 7.51. The number of nitrogens with zero attached hydrogens (tertiary/aromatic N) is 4. The average molecular weight is 390 g/mol. The number of pyridine rings is 1. The summed E-state index contributed by atoms with van der Waals surface area (Å²) in [5.41, 5.74) is 4.53. The molecule has 0 N–H and O–H groups in total. The van der Waals surface area contributed by atoms with Gasteiger partial charge in [-0.25, -0.2) is 4.39 Å². The van der Waals surface area contributed by atoms with Gasteiger partial charge in [-0.15, -0.1) is 0 Å². The van der Waals surface area contributed by atoms with Gasteiger partial charge < -0.3 is 4.90 Å². The van der Waals surface area contributed by atoms with Crippen molar-refractivity contribution in [2.24, 2.45) is 7.05 Å². The Bertz CT molecular complexity index is 1060. The van der Waals surface area contributed by atoms with Crippen molar-refractivity contribution in [3.63, 3.8) is 0 Å². The Labute approximate surface area is 169 Å². The maximum Gasteiger partial charge on any atom is 0.246 e. The summed E-state index contributed by atoms with van der Waals surface area (Å²) >= 11 is 0. The van der Waals surface area contributed by atoms with Gasteiger partial charge in [0.05, 0.1) is 11.4 Å². The topological polar surface area (TPSA) is 51.0 Å². The number of carbonyl (C=O) groups is 1. The molecule has 1 aliphatic heterocycles. The van der Waals surface area contributed by atoms with Crippen LogP contribution in [0.5, 0.6) is 0 Å². The Balaban J connectivity index is 1.76. The molecule has 1 aromatic carbocycles. The molecule has 0 bridgehead atoms. The zero-order valence-electron chi connectivity index (χ0n) is 16.5. The second kappa shape index (κ2) is 7.62. The largest absolute Gasteiger partial charge is 0.336 e. The first kappa shape index (κ1) is 19.1. The third kappa shape index (κ3) is 3.70. The monoisotopic (exact) mass is 390 g/mol. The summed E-state index contributed by atoms with van der Waals surface area (Å²) in [6, 6.07) is 10.4. The lowest BCUT2D eigenvalue weighted by Crippen LogP contribution is -2.32. The summed E-state index contributed by atoms with van der Waals surface area (Å²) in [6.07, 6.45) is 6.01. The molecule has 0 radical (unpaired) electrons. The van der Waals surface area contributed by atoms with E-state index in [-0.39, 0.29) is 23.7 Å². The maximum atomic E-state index is 13.3. The zero-order chi connectivity index (χ0) is 20.5. The number of carbonyl (C=O) groups excluding carboxylic acids is 1. The standard InChI is InChI=1S/C23H23FN4O/c1-4-23(29)28-14-17(11-15(28)2)20-13-25-22(16-5-7-18(24)8-6-16)12-19(20)21-9-10-27(3)26-21/h4-10,12-13,15,17H,1,11,14H2,2-3H3/t15-,17?/m1/s1. The molecule has 2 atom stereocenters. The van der Waals surface area contributed by atoms with Crippen molar-refractivity contribution in [3.05, 3.63) is 72.8 Å².